The monoisotopic (exact) mass is 408 g/mol. The first-order chi connectivity index (χ1) is 14.3. The summed E-state index contributed by atoms with van der Waals surface area (Å²) in [5.74, 6) is 0.0667. The van der Waals surface area contributed by atoms with Gasteiger partial charge in [0.2, 0.25) is 0 Å². The number of carboxylic acid groups (broad SMARTS) is 1. The van der Waals surface area contributed by atoms with Gasteiger partial charge in [-0.2, -0.15) is 0 Å². The maximum atomic E-state index is 12.5. The molecule has 7 heteroatoms. The molecular weight excluding hydrogens is 384 g/mol. The second-order valence-corrected chi connectivity index (χ2v) is 7.88. The van der Waals surface area contributed by atoms with Crippen LogP contribution in [0.25, 0.3) is 10.9 Å². The van der Waals surface area contributed by atoms with E-state index in [2.05, 4.69) is 10.3 Å². The summed E-state index contributed by atoms with van der Waals surface area (Å²) in [6.45, 7) is 4.34. The maximum absolute atomic E-state index is 12.5. The van der Waals surface area contributed by atoms with Crippen LogP contribution in [-0.4, -0.2) is 33.6 Å². The Balaban J connectivity index is 1.61. The van der Waals surface area contributed by atoms with Crippen molar-refractivity contribution in [3.8, 4) is 17.2 Å². The third kappa shape index (κ3) is 3.70. The number of H-pyrrole nitrogens is 1. The lowest BCUT2D eigenvalue weighted by molar-refractivity contribution is 0.0691. The molecule has 0 unspecified atom stereocenters. The van der Waals surface area contributed by atoms with Crippen molar-refractivity contribution in [2.75, 3.05) is 6.54 Å². The predicted octanol–water partition coefficient (Wildman–Crippen LogP) is 4.51. The van der Waals surface area contributed by atoms with Gasteiger partial charge in [0.15, 0.2) is 0 Å². The van der Waals surface area contributed by atoms with E-state index in [-0.39, 0.29) is 22.9 Å². The van der Waals surface area contributed by atoms with Crippen molar-refractivity contribution in [3.63, 3.8) is 0 Å². The Morgan fingerprint density at radius 2 is 1.97 bits per heavy atom. The van der Waals surface area contributed by atoms with Crippen molar-refractivity contribution in [3.05, 3.63) is 52.7 Å². The molecule has 2 aromatic carbocycles. The molecular formula is C23H24N2O5. The Labute approximate surface area is 173 Å². The van der Waals surface area contributed by atoms with Crippen LogP contribution in [0.1, 0.15) is 51.2 Å². The SMILES string of the molecule is Cc1cc2[nH]c(C(=O)O)cc2c(C)c1Oc1ccc(O)c(C(=O)NCC2CCC2)c1. The van der Waals surface area contributed by atoms with E-state index in [1.807, 2.05) is 19.9 Å². The molecule has 1 aliphatic rings. The van der Waals surface area contributed by atoms with E-state index >= 15 is 0 Å². The van der Waals surface area contributed by atoms with E-state index in [0.29, 0.717) is 24.0 Å². The molecule has 1 amide bonds. The number of benzene rings is 2. The van der Waals surface area contributed by atoms with Gasteiger partial charge < -0.3 is 25.3 Å². The lowest BCUT2D eigenvalue weighted by Crippen LogP contribution is -2.32. The molecule has 4 rings (SSSR count). The van der Waals surface area contributed by atoms with E-state index in [1.54, 1.807) is 12.1 Å². The molecule has 1 fully saturated rings. The predicted molar refractivity (Wildman–Crippen MR) is 113 cm³/mol. The van der Waals surface area contributed by atoms with Gasteiger partial charge in [-0.25, -0.2) is 4.79 Å². The molecule has 0 atom stereocenters. The minimum Gasteiger partial charge on any atom is -0.507 e. The number of aryl methyl sites for hydroxylation is 2. The zero-order chi connectivity index (χ0) is 21.4. The quantitative estimate of drug-likeness (QED) is 0.479. The Morgan fingerprint density at radius 1 is 1.20 bits per heavy atom. The maximum Gasteiger partial charge on any atom is 0.352 e. The highest BCUT2D eigenvalue weighted by molar-refractivity contribution is 5.97. The van der Waals surface area contributed by atoms with Crippen LogP contribution in [0.15, 0.2) is 30.3 Å². The van der Waals surface area contributed by atoms with Crippen LogP contribution in [0.4, 0.5) is 0 Å². The molecule has 3 aromatic rings. The fourth-order valence-corrected chi connectivity index (χ4v) is 3.77. The standard InChI is InChI=1S/C23H24N2O5/c1-12-8-18-16(10-19(25-18)23(28)29)13(2)21(12)30-15-6-7-20(26)17(9-15)22(27)24-11-14-4-3-5-14/h6-10,14,25-26H,3-5,11H2,1-2H3,(H,24,27)(H,28,29). The van der Waals surface area contributed by atoms with E-state index < -0.39 is 5.97 Å². The van der Waals surface area contributed by atoms with Gasteiger partial charge in [-0.05, 0) is 68.5 Å². The van der Waals surface area contributed by atoms with Gasteiger partial charge in [0.1, 0.15) is 22.9 Å². The summed E-state index contributed by atoms with van der Waals surface area (Å²) in [5.41, 5.74) is 2.61. The number of carboxylic acids is 1. The highest BCUT2D eigenvalue weighted by Crippen LogP contribution is 2.36. The second-order valence-electron chi connectivity index (χ2n) is 7.88. The Kier molecular flexibility index (Phi) is 5.11. The second kappa shape index (κ2) is 7.74. The average molecular weight is 408 g/mol. The lowest BCUT2D eigenvalue weighted by Gasteiger charge is -2.25. The Bertz CT molecular complexity index is 1140. The smallest absolute Gasteiger partial charge is 0.352 e. The first-order valence-electron chi connectivity index (χ1n) is 9.98. The first-order valence-corrected chi connectivity index (χ1v) is 9.98. The highest BCUT2D eigenvalue weighted by Gasteiger charge is 2.20. The number of phenols is 1. The molecule has 1 saturated carbocycles. The molecule has 7 nitrogen and oxygen atoms in total. The summed E-state index contributed by atoms with van der Waals surface area (Å²) in [5, 5.41) is 23.0. The minimum absolute atomic E-state index is 0.103. The van der Waals surface area contributed by atoms with Gasteiger partial charge in [0, 0.05) is 23.0 Å². The number of phenolic OH excluding ortho intramolecular Hbond substituents is 1. The molecule has 1 aromatic heterocycles. The van der Waals surface area contributed by atoms with Gasteiger partial charge in [0.25, 0.3) is 5.91 Å². The number of aromatic nitrogens is 1. The molecule has 0 saturated heterocycles. The number of rotatable bonds is 6. The zero-order valence-electron chi connectivity index (χ0n) is 16.9. The number of hydrogen-bond acceptors (Lipinski definition) is 4. The number of carbonyl (C=O) groups is 2. The van der Waals surface area contributed by atoms with Crippen molar-refractivity contribution in [2.45, 2.75) is 33.1 Å². The first kappa shape index (κ1) is 19.8. The number of aromatic carboxylic acids is 1. The number of nitrogens with one attached hydrogen (secondary N) is 2. The summed E-state index contributed by atoms with van der Waals surface area (Å²) in [6, 6.07) is 7.97. The number of amides is 1. The number of aromatic amines is 1. The number of carbonyl (C=O) groups excluding carboxylic acids is 1. The molecule has 0 bridgehead atoms. The Morgan fingerprint density at radius 3 is 2.63 bits per heavy atom. The summed E-state index contributed by atoms with van der Waals surface area (Å²) < 4.78 is 6.07. The largest absolute Gasteiger partial charge is 0.507 e. The van der Waals surface area contributed by atoms with Crippen LogP contribution in [-0.2, 0) is 0 Å². The van der Waals surface area contributed by atoms with Crippen LogP contribution in [0.2, 0.25) is 0 Å². The molecule has 0 spiro atoms. The number of ether oxygens (including phenoxy) is 1. The van der Waals surface area contributed by atoms with Crippen molar-refractivity contribution in [1.29, 1.82) is 0 Å². The number of aromatic hydroxyl groups is 1. The molecule has 1 heterocycles. The van der Waals surface area contributed by atoms with Crippen LogP contribution >= 0.6 is 0 Å². The summed E-state index contributed by atoms with van der Waals surface area (Å²) in [4.78, 5) is 26.7. The normalized spacial score (nSPS) is 13.8. The average Bonchev–Trinajstić information content (AvgIpc) is 3.09. The van der Waals surface area contributed by atoms with Crippen molar-refractivity contribution < 1.29 is 24.5 Å². The van der Waals surface area contributed by atoms with Crippen LogP contribution in [0.5, 0.6) is 17.2 Å². The third-order valence-electron chi connectivity index (χ3n) is 5.75. The van der Waals surface area contributed by atoms with E-state index in [4.69, 9.17) is 4.74 Å². The molecule has 156 valence electrons. The van der Waals surface area contributed by atoms with Gasteiger partial charge >= 0.3 is 5.97 Å². The van der Waals surface area contributed by atoms with E-state index in [9.17, 15) is 19.8 Å². The van der Waals surface area contributed by atoms with Gasteiger partial charge in [0.05, 0.1) is 5.56 Å². The van der Waals surface area contributed by atoms with Crippen LogP contribution in [0.3, 0.4) is 0 Å². The van der Waals surface area contributed by atoms with Crippen LogP contribution in [0, 0.1) is 19.8 Å². The zero-order valence-corrected chi connectivity index (χ0v) is 16.9. The third-order valence-corrected chi connectivity index (χ3v) is 5.75. The topological polar surface area (TPSA) is 112 Å². The number of fused-ring (bicyclic) bond motifs is 1. The van der Waals surface area contributed by atoms with Gasteiger partial charge in [-0.1, -0.05) is 6.42 Å². The minimum atomic E-state index is -1.03. The summed E-state index contributed by atoms with van der Waals surface area (Å²) in [7, 11) is 0. The van der Waals surface area contributed by atoms with Crippen molar-refractivity contribution in [2.24, 2.45) is 5.92 Å². The van der Waals surface area contributed by atoms with E-state index in [1.165, 1.54) is 18.6 Å². The molecule has 0 radical (unpaired) electrons. The number of hydrogen-bond donors (Lipinski definition) is 4. The molecule has 4 N–H and O–H groups in total. The molecule has 1 aliphatic carbocycles. The fourth-order valence-electron chi connectivity index (χ4n) is 3.77. The lowest BCUT2D eigenvalue weighted by atomic mass is 9.85. The van der Waals surface area contributed by atoms with Gasteiger partial charge in [-0.15, -0.1) is 0 Å². The van der Waals surface area contributed by atoms with Crippen molar-refractivity contribution >= 4 is 22.8 Å². The van der Waals surface area contributed by atoms with E-state index in [0.717, 1.165) is 34.9 Å². The van der Waals surface area contributed by atoms with Crippen LogP contribution < -0.4 is 10.1 Å². The Hall–Kier alpha value is -3.48. The summed E-state index contributed by atoms with van der Waals surface area (Å²) >= 11 is 0. The van der Waals surface area contributed by atoms with Crippen molar-refractivity contribution in [1.82, 2.24) is 10.3 Å². The molecule has 30 heavy (non-hydrogen) atoms. The molecule has 0 aliphatic heterocycles. The fraction of sp³-hybridized carbons (Fsp3) is 0.304. The van der Waals surface area contributed by atoms with Gasteiger partial charge in [-0.3, -0.25) is 4.79 Å². The summed E-state index contributed by atoms with van der Waals surface area (Å²) in [6.07, 6.45) is 3.45. The highest BCUT2D eigenvalue weighted by atomic mass is 16.5.